The van der Waals surface area contributed by atoms with Crippen molar-refractivity contribution in [3.63, 3.8) is 0 Å². The molecule has 4 nitrogen and oxygen atoms in total. The average molecular weight is 271 g/mol. The van der Waals surface area contributed by atoms with E-state index in [0.29, 0.717) is 12.3 Å². The third kappa shape index (κ3) is 4.40. The lowest BCUT2D eigenvalue weighted by Gasteiger charge is -2.08. The number of anilines is 1. The minimum atomic E-state index is -0.115. The van der Waals surface area contributed by atoms with Crippen LogP contribution in [0, 0.1) is 0 Å². The van der Waals surface area contributed by atoms with Crippen LogP contribution in [-0.2, 0) is 11.4 Å². The zero-order valence-electron chi connectivity index (χ0n) is 11.1. The number of nitrogens with one attached hydrogen (secondary N) is 1. The molecule has 0 aliphatic rings. The maximum Gasteiger partial charge on any atom is 0.227 e. The van der Waals surface area contributed by atoms with Crippen LogP contribution in [-0.4, -0.2) is 17.6 Å². The van der Waals surface area contributed by atoms with Gasteiger partial charge in [0.25, 0.3) is 0 Å². The SMILES string of the molecule is O=C(CCOc1ccccc1)Nc1cccc(CO)c1. The first kappa shape index (κ1) is 14.1. The van der Waals surface area contributed by atoms with E-state index in [1.165, 1.54) is 0 Å². The molecule has 0 aliphatic carbocycles. The number of para-hydroxylation sites is 1. The van der Waals surface area contributed by atoms with Crippen LogP contribution in [0.3, 0.4) is 0 Å². The third-order valence-electron chi connectivity index (χ3n) is 2.73. The van der Waals surface area contributed by atoms with Crippen molar-refractivity contribution in [1.29, 1.82) is 0 Å². The van der Waals surface area contributed by atoms with Crippen molar-refractivity contribution >= 4 is 11.6 Å². The number of hydrogen-bond acceptors (Lipinski definition) is 3. The number of benzene rings is 2. The Morgan fingerprint density at radius 1 is 1.10 bits per heavy atom. The lowest BCUT2D eigenvalue weighted by Crippen LogP contribution is -2.15. The van der Waals surface area contributed by atoms with Crippen LogP contribution in [0.5, 0.6) is 5.75 Å². The average Bonchev–Trinajstić information content (AvgIpc) is 2.48. The minimum absolute atomic E-state index is 0.0408. The van der Waals surface area contributed by atoms with Gasteiger partial charge >= 0.3 is 0 Å². The molecule has 1 amide bonds. The summed E-state index contributed by atoms with van der Waals surface area (Å²) in [5.41, 5.74) is 1.45. The Hall–Kier alpha value is -2.33. The van der Waals surface area contributed by atoms with Crippen molar-refractivity contribution in [3.8, 4) is 5.75 Å². The Bertz CT molecular complexity index is 555. The molecule has 2 rings (SSSR count). The number of amides is 1. The molecule has 0 radical (unpaired) electrons. The topological polar surface area (TPSA) is 58.6 Å². The predicted molar refractivity (Wildman–Crippen MR) is 77.5 cm³/mol. The number of aliphatic hydroxyl groups is 1. The summed E-state index contributed by atoms with van der Waals surface area (Å²) >= 11 is 0. The van der Waals surface area contributed by atoms with E-state index in [1.54, 1.807) is 24.3 Å². The number of hydrogen-bond donors (Lipinski definition) is 2. The van der Waals surface area contributed by atoms with Crippen LogP contribution in [0.15, 0.2) is 54.6 Å². The highest BCUT2D eigenvalue weighted by atomic mass is 16.5. The van der Waals surface area contributed by atoms with Gasteiger partial charge in [-0.05, 0) is 29.8 Å². The molecular weight excluding hydrogens is 254 g/mol. The molecule has 2 N–H and O–H groups in total. The van der Waals surface area contributed by atoms with Crippen molar-refractivity contribution in [1.82, 2.24) is 0 Å². The number of ether oxygens (including phenoxy) is 1. The van der Waals surface area contributed by atoms with Gasteiger partial charge in [0.2, 0.25) is 5.91 Å². The standard InChI is InChI=1S/C16H17NO3/c18-12-13-5-4-6-14(11-13)17-16(19)9-10-20-15-7-2-1-3-8-15/h1-8,11,18H,9-10,12H2,(H,17,19). The molecule has 0 bridgehead atoms. The highest BCUT2D eigenvalue weighted by Gasteiger charge is 2.03. The van der Waals surface area contributed by atoms with Crippen LogP contribution in [0.1, 0.15) is 12.0 Å². The number of carbonyl (C=O) groups is 1. The summed E-state index contributed by atoms with van der Waals surface area (Å²) in [5.74, 6) is 0.638. The van der Waals surface area contributed by atoms with Crippen molar-refractivity contribution < 1.29 is 14.6 Å². The van der Waals surface area contributed by atoms with E-state index in [0.717, 1.165) is 11.3 Å². The van der Waals surface area contributed by atoms with Gasteiger partial charge < -0.3 is 15.2 Å². The first-order valence-electron chi connectivity index (χ1n) is 6.45. The third-order valence-corrected chi connectivity index (χ3v) is 2.73. The van der Waals surface area contributed by atoms with Gasteiger partial charge in [0.1, 0.15) is 5.75 Å². The van der Waals surface area contributed by atoms with Crippen LogP contribution >= 0.6 is 0 Å². The van der Waals surface area contributed by atoms with Crippen molar-refractivity contribution in [3.05, 3.63) is 60.2 Å². The van der Waals surface area contributed by atoms with Gasteiger partial charge in [-0.15, -0.1) is 0 Å². The molecule has 0 heterocycles. The molecule has 0 aliphatic heterocycles. The molecule has 4 heteroatoms. The molecule has 104 valence electrons. The second-order valence-corrected chi connectivity index (χ2v) is 4.32. The molecule has 0 fully saturated rings. The van der Waals surface area contributed by atoms with Crippen LogP contribution in [0.25, 0.3) is 0 Å². The van der Waals surface area contributed by atoms with Crippen LogP contribution < -0.4 is 10.1 Å². The van der Waals surface area contributed by atoms with Gasteiger partial charge in [0.15, 0.2) is 0 Å². The van der Waals surface area contributed by atoms with Gasteiger partial charge in [0, 0.05) is 5.69 Å². The minimum Gasteiger partial charge on any atom is -0.493 e. The smallest absolute Gasteiger partial charge is 0.227 e. The van der Waals surface area contributed by atoms with Gasteiger partial charge in [-0.1, -0.05) is 30.3 Å². The van der Waals surface area contributed by atoms with Crippen molar-refractivity contribution in [2.24, 2.45) is 0 Å². The fourth-order valence-corrected chi connectivity index (χ4v) is 1.75. The molecule has 0 aromatic heterocycles. The largest absolute Gasteiger partial charge is 0.493 e. The number of carbonyl (C=O) groups excluding carboxylic acids is 1. The Morgan fingerprint density at radius 2 is 1.90 bits per heavy atom. The summed E-state index contributed by atoms with van der Waals surface area (Å²) in [6, 6.07) is 16.5. The zero-order valence-corrected chi connectivity index (χ0v) is 11.1. The second-order valence-electron chi connectivity index (χ2n) is 4.32. The van der Waals surface area contributed by atoms with Gasteiger partial charge in [-0.3, -0.25) is 4.79 Å². The van der Waals surface area contributed by atoms with Crippen molar-refractivity contribution in [2.45, 2.75) is 13.0 Å². The fourth-order valence-electron chi connectivity index (χ4n) is 1.75. The molecular formula is C16H17NO3. The van der Waals surface area contributed by atoms with Crippen LogP contribution in [0.2, 0.25) is 0 Å². The zero-order chi connectivity index (χ0) is 14.2. The number of rotatable bonds is 6. The summed E-state index contributed by atoms with van der Waals surface area (Å²) in [6.07, 6.45) is 0.276. The van der Waals surface area contributed by atoms with Gasteiger partial charge in [-0.2, -0.15) is 0 Å². The second kappa shape index (κ2) is 7.31. The molecule has 2 aromatic rings. The molecule has 2 aromatic carbocycles. The van der Waals surface area contributed by atoms with E-state index in [4.69, 9.17) is 9.84 Å². The Morgan fingerprint density at radius 3 is 2.65 bits per heavy atom. The van der Waals surface area contributed by atoms with Gasteiger partial charge in [0.05, 0.1) is 19.6 Å². The summed E-state index contributed by atoms with van der Waals surface area (Å²) in [7, 11) is 0. The first-order chi connectivity index (χ1) is 9.78. The molecule has 0 unspecified atom stereocenters. The Labute approximate surface area is 118 Å². The highest BCUT2D eigenvalue weighted by Crippen LogP contribution is 2.11. The molecule has 0 spiro atoms. The first-order valence-corrected chi connectivity index (χ1v) is 6.45. The number of aliphatic hydroxyl groups excluding tert-OH is 1. The van der Waals surface area contributed by atoms with E-state index in [1.807, 2.05) is 30.3 Å². The van der Waals surface area contributed by atoms with Gasteiger partial charge in [-0.25, -0.2) is 0 Å². The summed E-state index contributed by atoms with van der Waals surface area (Å²) in [5, 5.41) is 11.8. The normalized spacial score (nSPS) is 10.1. The molecule has 0 atom stereocenters. The highest BCUT2D eigenvalue weighted by molar-refractivity contribution is 5.90. The maximum atomic E-state index is 11.7. The lowest BCUT2D eigenvalue weighted by atomic mass is 10.2. The predicted octanol–water partition coefficient (Wildman–Crippen LogP) is 2.59. The van der Waals surface area contributed by atoms with E-state index >= 15 is 0 Å². The van der Waals surface area contributed by atoms with E-state index in [-0.39, 0.29) is 18.9 Å². The molecule has 20 heavy (non-hydrogen) atoms. The fraction of sp³-hybridized carbons (Fsp3) is 0.188. The molecule has 0 saturated carbocycles. The van der Waals surface area contributed by atoms with Crippen molar-refractivity contribution in [2.75, 3.05) is 11.9 Å². The summed E-state index contributed by atoms with van der Waals surface area (Å²) in [6.45, 7) is 0.288. The van der Waals surface area contributed by atoms with E-state index in [9.17, 15) is 4.79 Å². The molecule has 0 saturated heterocycles. The monoisotopic (exact) mass is 271 g/mol. The summed E-state index contributed by atoms with van der Waals surface area (Å²) in [4.78, 5) is 11.7. The van der Waals surface area contributed by atoms with E-state index in [2.05, 4.69) is 5.32 Å². The summed E-state index contributed by atoms with van der Waals surface area (Å²) < 4.78 is 5.46. The maximum absolute atomic E-state index is 11.7. The lowest BCUT2D eigenvalue weighted by molar-refractivity contribution is -0.116. The van der Waals surface area contributed by atoms with E-state index < -0.39 is 0 Å². The Balaban J connectivity index is 1.77. The Kier molecular flexibility index (Phi) is 5.15. The quantitative estimate of drug-likeness (QED) is 0.849. The van der Waals surface area contributed by atoms with Crippen LogP contribution in [0.4, 0.5) is 5.69 Å².